The second-order valence-electron chi connectivity index (χ2n) is 4.71. The molecule has 3 aromatic rings. The quantitative estimate of drug-likeness (QED) is 0.798. The standard InChI is InChI=1S/C16H15N3OS/c1-11-2-4-12(5-3-11)13-6-8-14(9-7-13)20-10-15-18-19-16(17)21-15/h2-9H,10H2,1H3,(H2,17,19). The number of ether oxygens (including phenoxy) is 1. The Bertz CT molecular complexity index is 720. The summed E-state index contributed by atoms with van der Waals surface area (Å²) in [6.45, 7) is 2.47. The van der Waals surface area contributed by atoms with Crippen LogP contribution in [0, 0.1) is 6.92 Å². The lowest BCUT2D eigenvalue weighted by atomic mass is 10.0. The molecule has 0 unspecified atom stereocenters. The van der Waals surface area contributed by atoms with Crippen molar-refractivity contribution in [3.63, 3.8) is 0 Å². The minimum atomic E-state index is 0.388. The summed E-state index contributed by atoms with van der Waals surface area (Å²) in [6.07, 6.45) is 0. The molecule has 0 amide bonds. The maximum absolute atomic E-state index is 5.67. The van der Waals surface area contributed by atoms with Gasteiger partial charge in [0.15, 0.2) is 5.01 Å². The van der Waals surface area contributed by atoms with E-state index in [0.29, 0.717) is 11.7 Å². The van der Waals surface area contributed by atoms with Crippen LogP contribution in [0.5, 0.6) is 5.75 Å². The number of anilines is 1. The van der Waals surface area contributed by atoms with Gasteiger partial charge in [-0.3, -0.25) is 0 Å². The number of hydrogen-bond donors (Lipinski definition) is 1. The van der Waals surface area contributed by atoms with E-state index < -0.39 is 0 Å². The molecule has 106 valence electrons. The number of aryl methyl sites for hydroxylation is 1. The Labute approximate surface area is 127 Å². The molecule has 0 aliphatic heterocycles. The van der Waals surface area contributed by atoms with E-state index >= 15 is 0 Å². The molecule has 0 aliphatic rings. The first-order chi connectivity index (χ1) is 10.2. The molecule has 1 heterocycles. The smallest absolute Gasteiger partial charge is 0.203 e. The lowest BCUT2D eigenvalue weighted by Gasteiger charge is -2.06. The molecule has 0 radical (unpaired) electrons. The minimum absolute atomic E-state index is 0.388. The van der Waals surface area contributed by atoms with Crippen molar-refractivity contribution in [2.75, 3.05) is 5.73 Å². The minimum Gasteiger partial charge on any atom is -0.486 e. The fourth-order valence-electron chi connectivity index (χ4n) is 1.96. The first kappa shape index (κ1) is 13.6. The summed E-state index contributed by atoms with van der Waals surface area (Å²) < 4.78 is 5.67. The van der Waals surface area contributed by atoms with Gasteiger partial charge in [0.1, 0.15) is 12.4 Å². The fourth-order valence-corrected chi connectivity index (χ4v) is 2.48. The van der Waals surface area contributed by atoms with Gasteiger partial charge >= 0.3 is 0 Å². The van der Waals surface area contributed by atoms with Crippen LogP contribution in [-0.2, 0) is 6.61 Å². The van der Waals surface area contributed by atoms with E-state index in [1.807, 2.05) is 12.1 Å². The average molecular weight is 297 g/mol. The number of nitrogens with zero attached hydrogens (tertiary/aromatic N) is 2. The molecule has 0 aliphatic carbocycles. The van der Waals surface area contributed by atoms with Crippen molar-refractivity contribution in [2.45, 2.75) is 13.5 Å². The molecule has 0 bridgehead atoms. The highest BCUT2D eigenvalue weighted by Gasteiger charge is 2.03. The molecule has 0 spiro atoms. The third-order valence-electron chi connectivity index (χ3n) is 3.08. The summed E-state index contributed by atoms with van der Waals surface area (Å²) in [5.41, 5.74) is 9.16. The van der Waals surface area contributed by atoms with Crippen LogP contribution in [0.4, 0.5) is 5.13 Å². The van der Waals surface area contributed by atoms with E-state index in [-0.39, 0.29) is 0 Å². The monoisotopic (exact) mass is 297 g/mol. The zero-order valence-corrected chi connectivity index (χ0v) is 12.4. The van der Waals surface area contributed by atoms with Crippen LogP contribution in [-0.4, -0.2) is 10.2 Å². The molecule has 3 rings (SSSR count). The third-order valence-corrected chi connectivity index (χ3v) is 3.81. The van der Waals surface area contributed by atoms with Crippen molar-refractivity contribution < 1.29 is 4.74 Å². The number of aromatic nitrogens is 2. The molecule has 2 aromatic carbocycles. The highest BCUT2D eigenvalue weighted by atomic mass is 32.1. The Kier molecular flexibility index (Phi) is 3.83. The van der Waals surface area contributed by atoms with E-state index in [4.69, 9.17) is 10.5 Å². The van der Waals surface area contributed by atoms with Gasteiger partial charge in [-0.1, -0.05) is 53.3 Å². The topological polar surface area (TPSA) is 61.0 Å². The van der Waals surface area contributed by atoms with Gasteiger partial charge in [-0.15, -0.1) is 10.2 Å². The molecule has 0 saturated heterocycles. The first-order valence-electron chi connectivity index (χ1n) is 6.58. The maximum atomic E-state index is 5.67. The van der Waals surface area contributed by atoms with Crippen molar-refractivity contribution in [3.8, 4) is 16.9 Å². The van der Waals surface area contributed by atoms with E-state index in [1.54, 1.807) is 0 Å². The van der Waals surface area contributed by atoms with Crippen LogP contribution < -0.4 is 10.5 Å². The third kappa shape index (κ3) is 3.38. The van der Waals surface area contributed by atoms with Crippen molar-refractivity contribution in [1.82, 2.24) is 10.2 Å². The zero-order chi connectivity index (χ0) is 14.7. The highest BCUT2D eigenvalue weighted by Crippen LogP contribution is 2.23. The Morgan fingerprint density at radius 2 is 1.57 bits per heavy atom. The number of rotatable bonds is 4. The molecule has 0 fully saturated rings. The molecular formula is C16H15N3OS. The Hall–Kier alpha value is -2.40. The molecule has 1 aromatic heterocycles. The summed E-state index contributed by atoms with van der Waals surface area (Å²) in [6, 6.07) is 16.5. The van der Waals surface area contributed by atoms with Crippen LogP contribution in [0.2, 0.25) is 0 Å². The predicted molar refractivity (Wildman–Crippen MR) is 85.3 cm³/mol. The van der Waals surface area contributed by atoms with Gasteiger partial charge in [0.25, 0.3) is 0 Å². The van der Waals surface area contributed by atoms with Crippen molar-refractivity contribution >= 4 is 16.5 Å². The largest absolute Gasteiger partial charge is 0.486 e. The fraction of sp³-hybridized carbons (Fsp3) is 0.125. The zero-order valence-electron chi connectivity index (χ0n) is 11.6. The summed E-state index contributed by atoms with van der Waals surface area (Å²) in [5, 5.41) is 8.91. The van der Waals surface area contributed by atoms with Crippen LogP contribution in [0.15, 0.2) is 48.5 Å². The number of hydrogen-bond acceptors (Lipinski definition) is 5. The normalized spacial score (nSPS) is 10.5. The summed E-state index contributed by atoms with van der Waals surface area (Å²) in [4.78, 5) is 0. The maximum Gasteiger partial charge on any atom is 0.203 e. The van der Waals surface area contributed by atoms with Crippen LogP contribution in [0.1, 0.15) is 10.6 Å². The molecular weight excluding hydrogens is 282 g/mol. The second-order valence-corrected chi connectivity index (χ2v) is 5.81. The van der Waals surface area contributed by atoms with Gasteiger partial charge in [0, 0.05) is 0 Å². The van der Waals surface area contributed by atoms with Crippen molar-refractivity contribution in [3.05, 3.63) is 59.1 Å². The predicted octanol–water partition coefficient (Wildman–Crippen LogP) is 3.67. The van der Waals surface area contributed by atoms with Crippen molar-refractivity contribution in [1.29, 1.82) is 0 Å². The summed E-state index contributed by atoms with van der Waals surface area (Å²) in [7, 11) is 0. The Morgan fingerprint density at radius 1 is 0.952 bits per heavy atom. The molecule has 2 N–H and O–H groups in total. The SMILES string of the molecule is Cc1ccc(-c2ccc(OCc3nnc(N)s3)cc2)cc1. The number of nitrogen functional groups attached to an aromatic ring is 1. The highest BCUT2D eigenvalue weighted by molar-refractivity contribution is 7.15. The first-order valence-corrected chi connectivity index (χ1v) is 7.40. The van der Waals surface area contributed by atoms with Gasteiger partial charge in [-0.25, -0.2) is 0 Å². The average Bonchev–Trinajstić information content (AvgIpc) is 2.92. The van der Waals surface area contributed by atoms with Crippen LogP contribution >= 0.6 is 11.3 Å². The van der Waals surface area contributed by atoms with Gasteiger partial charge < -0.3 is 10.5 Å². The number of benzene rings is 2. The van der Waals surface area contributed by atoms with E-state index in [0.717, 1.165) is 10.8 Å². The molecule has 4 nitrogen and oxygen atoms in total. The van der Waals surface area contributed by atoms with Crippen LogP contribution in [0.3, 0.4) is 0 Å². The molecule has 0 saturated carbocycles. The van der Waals surface area contributed by atoms with Gasteiger partial charge in [0.2, 0.25) is 5.13 Å². The van der Waals surface area contributed by atoms with E-state index in [9.17, 15) is 0 Å². The lowest BCUT2D eigenvalue weighted by Crippen LogP contribution is -1.94. The summed E-state index contributed by atoms with van der Waals surface area (Å²) >= 11 is 1.34. The van der Waals surface area contributed by atoms with Crippen LogP contribution in [0.25, 0.3) is 11.1 Å². The number of nitrogens with two attached hydrogens (primary N) is 1. The van der Waals surface area contributed by atoms with E-state index in [1.165, 1.54) is 28.0 Å². The summed E-state index contributed by atoms with van der Waals surface area (Å²) in [5.74, 6) is 0.805. The van der Waals surface area contributed by atoms with Gasteiger partial charge in [0.05, 0.1) is 0 Å². The molecule has 0 atom stereocenters. The Morgan fingerprint density at radius 3 is 2.14 bits per heavy atom. The van der Waals surface area contributed by atoms with Gasteiger partial charge in [-0.05, 0) is 30.2 Å². The molecule has 5 heteroatoms. The molecule has 21 heavy (non-hydrogen) atoms. The lowest BCUT2D eigenvalue weighted by molar-refractivity contribution is 0.304. The van der Waals surface area contributed by atoms with Crippen molar-refractivity contribution in [2.24, 2.45) is 0 Å². The second kappa shape index (κ2) is 5.93. The van der Waals surface area contributed by atoms with Gasteiger partial charge in [-0.2, -0.15) is 0 Å². The van der Waals surface area contributed by atoms with E-state index in [2.05, 4.69) is 53.5 Å². The Balaban J connectivity index is 1.67.